The Labute approximate surface area is 184 Å². The van der Waals surface area contributed by atoms with E-state index in [9.17, 15) is 26.8 Å². The summed E-state index contributed by atoms with van der Waals surface area (Å²) < 4.78 is 57.7. The molecular weight excluding hydrogens is 444 g/mol. The van der Waals surface area contributed by atoms with Gasteiger partial charge in [-0.1, -0.05) is 12.1 Å². The van der Waals surface area contributed by atoms with E-state index in [0.29, 0.717) is 36.7 Å². The molecule has 3 rings (SSSR count). The lowest BCUT2D eigenvalue weighted by atomic mass is 10.1. The van der Waals surface area contributed by atoms with Gasteiger partial charge in [-0.25, -0.2) is 17.2 Å². The van der Waals surface area contributed by atoms with E-state index in [0.717, 1.165) is 18.4 Å². The monoisotopic (exact) mass is 467 g/mol. The number of morpholine rings is 1. The summed E-state index contributed by atoms with van der Waals surface area (Å²) in [4.78, 5) is 27.4. The molecule has 0 aromatic heterocycles. The lowest BCUT2D eigenvalue weighted by molar-refractivity contribution is -0.116. The molecule has 1 atom stereocenters. The zero-order chi connectivity index (χ0) is 23.5. The first-order valence-corrected chi connectivity index (χ1v) is 11.7. The molecule has 1 N–H and O–H groups in total. The predicted octanol–water partition coefficient (Wildman–Crippen LogP) is 2.23. The van der Waals surface area contributed by atoms with Crippen LogP contribution in [-0.4, -0.2) is 63.7 Å². The zero-order valence-corrected chi connectivity index (χ0v) is 18.4. The van der Waals surface area contributed by atoms with Crippen molar-refractivity contribution in [3.8, 4) is 0 Å². The van der Waals surface area contributed by atoms with Crippen LogP contribution in [0.25, 0.3) is 0 Å². The second-order valence-corrected chi connectivity index (χ2v) is 9.13. The van der Waals surface area contributed by atoms with Gasteiger partial charge in [0, 0.05) is 19.2 Å². The third kappa shape index (κ3) is 5.22. The lowest BCUT2D eigenvalue weighted by Gasteiger charge is -2.29. The van der Waals surface area contributed by atoms with E-state index in [2.05, 4.69) is 5.32 Å². The van der Waals surface area contributed by atoms with Gasteiger partial charge in [0.05, 0.1) is 36.4 Å². The van der Waals surface area contributed by atoms with Crippen molar-refractivity contribution < 1.29 is 31.5 Å². The molecule has 0 bridgehead atoms. The first-order chi connectivity index (χ1) is 15.1. The first kappa shape index (κ1) is 23.6. The van der Waals surface area contributed by atoms with Crippen LogP contribution >= 0.6 is 0 Å². The molecule has 2 amide bonds. The van der Waals surface area contributed by atoms with Crippen LogP contribution in [0.2, 0.25) is 0 Å². The highest BCUT2D eigenvalue weighted by Gasteiger charge is 2.31. The van der Waals surface area contributed by atoms with Crippen LogP contribution in [0.5, 0.6) is 0 Å². The molecule has 11 heteroatoms. The number of rotatable bonds is 6. The van der Waals surface area contributed by atoms with Gasteiger partial charge < -0.3 is 15.0 Å². The van der Waals surface area contributed by atoms with Crippen LogP contribution in [0.3, 0.4) is 0 Å². The average Bonchev–Trinajstić information content (AvgIpc) is 2.76. The molecule has 1 aliphatic rings. The summed E-state index contributed by atoms with van der Waals surface area (Å²) in [5.74, 6) is -3.43. The van der Waals surface area contributed by atoms with Gasteiger partial charge in [0.15, 0.2) is 11.6 Å². The molecule has 1 heterocycles. The molecule has 1 aliphatic heterocycles. The Balaban J connectivity index is 1.87. The number of halogens is 2. The van der Waals surface area contributed by atoms with Crippen molar-refractivity contribution in [2.45, 2.75) is 13.0 Å². The predicted molar refractivity (Wildman–Crippen MR) is 115 cm³/mol. The Morgan fingerprint density at radius 3 is 2.38 bits per heavy atom. The smallest absolute Gasteiger partial charge is 0.256 e. The van der Waals surface area contributed by atoms with Gasteiger partial charge in [0.2, 0.25) is 15.9 Å². The number of benzene rings is 2. The second kappa shape index (κ2) is 9.61. The minimum atomic E-state index is -4.03. The molecule has 8 nitrogen and oxygen atoms in total. The third-order valence-corrected chi connectivity index (χ3v) is 6.20. The van der Waals surface area contributed by atoms with Crippen molar-refractivity contribution in [3.05, 3.63) is 59.7 Å². The summed E-state index contributed by atoms with van der Waals surface area (Å²) >= 11 is 0. The summed E-state index contributed by atoms with van der Waals surface area (Å²) in [5.41, 5.74) is 0.250. The molecule has 172 valence electrons. The van der Waals surface area contributed by atoms with E-state index in [1.807, 2.05) is 0 Å². The van der Waals surface area contributed by atoms with Crippen molar-refractivity contribution in [2.24, 2.45) is 0 Å². The van der Waals surface area contributed by atoms with E-state index in [1.165, 1.54) is 13.0 Å². The Morgan fingerprint density at radius 1 is 1.09 bits per heavy atom. The molecule has 0 unspecified atom stereocenters. The van der Waals surface area contributed by atoms with Crippen LogP contribution in [0.4, 0.5) is 20.2 Å². The van der Waals surface area contributed by atoms with Gasteiger partial charge in [-0.3, -0.25) is 13.9 Å². The van der Waals surface area contributed by atoms with E-state index in [4.69, 9.17) is 4.74 Å². The number of carbonyl (C=O) groups is 2. The number of amides is 2. The first-order valence-electron chi connectivity index (χ1n) is 9.81. The standard InChI is InChI=1S/C21H23F2N3O5S/c1-14(26(32(2,29)30)15-7-8-17(22)18(23)13-15)20(27)24-19-6-4-3-5-16(19)21(28)25-9-11-31-12-10-25/h3-8,13-14H,9-12H2,1-2H3,(H,24,27)/t14-/m1/s1. The largest absolute Gasteiger partial charge is 0.378 e. The molecule has 1 saturated heterocycles. The zero-order valence-electron chi connectivity index (χ0n) is 17.5. The molecular formula is C21H23F2N3O5S. The van der Waals surface area contributed by atoms with Gasteiger partial charge in [-0.15, -0.1) is 0 Å². The van der Waals surface area contributed by atoms with E-state index >= 15 is 0 Å². The van der Waals surface area contributed by atoms with Crippen molar-refractivity contribution in [2.75, 3.05) is 42.2 Å². The number of hydrogen-bond acceptors (Lipinski definition) is 5. The van der Waals surface area contributed by atoms with Crippen LogP contribution in [0, 0.1) is 11.6 Å². The lowest BCUT2D eigenvalue weighted by Crippen LogP contribution is -2.46. The average molecular weight is 467 g/mol. The van der Waals surface area contributed by atoms with Crippen molar-refractivity contribution in [1.82, 2.24) is 4.90 Å². The molecule has 1 fully saturated rings. The second-order valence-electron chi connectivity index (χ2n) is 7.27. The molecule has 32 heavy (non-hydrogen) atoms. The Bertz CT molecular complexity index is 1120. The number of carbonyl (C=O) groups excluding carboxylic acids is 2. The van der Waals surface area contributed by atoms with Crippen molar-refractivity contribution in [3.63, 3.8) is 0 Å². The van der Waals surface area contributed by atoms with Gasteiger partial charge in [-0.2, -0.15) is 0 Å². The number of anilines is 2. The SMILES string of the molecule is C[C@H](C(=O)Nc1ccccc1C(=O)N1CCOCC1)N(c1ccc(F)c(F)c1)S(C)(=O)=O. The fourth-order valence-corrected chi connectivity index (χ4v) is 4.55. The van der Waals surface area contributed by atoms with Crippen LogP contribution in [-0.2, 0) is 19.6 Å². The highest BCUT2D eigenvalue weighted by atomic mass is 32.2. The highest BCUT2D eigenvalue weighted by molar-refractivity contribution is 7.92. The number of nitrogens with zero attached hydrogens (tertiary/aromatic N) is 2. The fraction of sp³-hybridized carbons (Fsp3) is 0.333. The number of sulfonamides is 1. The van der Waals surface area contributed by atoms with E-state index in [-0.39, 0.29) is 22.8 Å². The minimum Gasteiger partial charge on any atom is -0.378 e. The topological polar surface area (TPSA) is 96.0 Å². The summed E-state index contributed by atoms with van der Waals surface area (Å²) in [6, 6.07) is 7.60. The quantitative estimate of drug-likeness (QED) is 0.703. The molecule has 0 radical (unpaired) electrons. The number of para-hydroxylation sites is 1. The van der Waals surface area contributed by atoms with E-state index < -0.39 is 33.6 Å². The van der Waals surface area contributed by atoms with Crippen LogP contribution in [0.15, 0.2) is 42.5 Å². The number of nitrogens with one attached hydrogen (secondary N) is 1. The maximum Gasteiger partial charge on any atom is 0.256 e. The normalized spacial score (nSPS) is 15.2. The Morgan fingerprint density at radius 2 is 1.75 bits per heavy atom. The summed E-state index contributed by atoms with van der Waals surface area (Å²) in [5, 5.41) is 2.59. The summed E-state index contributed by atoms with van der Waals surface area (Å²) in [6.45, 7) is 2.96. The maximum atomic E-state index is 13.7. The Kier molecular flexibility index (Phi) is 7.09. The number of hydrogen-bond donors (Lipinski definition) is 1. The molecule has 0 aliphatic carbocycles. The van der Waals surface area contributed by atoms with E-state index in [1.54, 1.807) is 23.1 Å². The van der Waals surface area contributed by atoms with Gasteiger partial charge >= 0.3 is 0 Å². The minimum absolute atomic E-state index is 0.202. The van der Waals surface area contributed by atoms with Crippen LogP contribution < -0.4 is 9.62 Å². The van der Waals surface area contributed by atoms with Crippen LogP contribution in [0.1, 0.15) is 17.3 Å². The maximum absolute atomic E-state index is 13.7. The fourth-order valence-electron chi connectivity index (χ4n) is 3.38. The summed E-state index contributed by atoms with van der Waals surface area (Å²) in [7, 11) is -4.03. The number of ether oxygens (including phenoxy) is 1. The van der Waals surface area contributed by atoms with Gasteiger partial charge in [-0.05, 0) is 31.2 Å². The molecule has 2 aromatic carbocycles. The molecule has 0 saturated carbocycles. The van der Waals surface area contributed by atoms with Crippen molar-refractivity contribution in [1.29, 1.82) is 0 Å². The summed E-state index contributed by atoms with van der Waals surface area (Å²) in [6.07, 6.45) is 0.855. The highest BCUT2D eigenvalue weighted by Crippen LogP contribution is 2.25. The Hall–Kier alpha value is -3.05. The van der Waals surface area contributed by atoms with Crippen molar-refractivity contribution >= 4 is 33.2 Å². The van der Waals surface area contributed by atoms with Gasteiger partial charge in [0.25, 0.3) is 5.91 Å². The molecule has 2 aromatic rings. The molecule has 0 spiro atoms. The third-order valence-electron chi connectivity index (χ3n) is 4.96. The van der Waals surface area contributed by atoms with Gasteiger partial charge in [0.1, 0.15) is 6.04 Å².